The van der Waals surface area contributed by atoms with Gasteiger partial charge in [0.25, 0.3) is 5.91 Å². The predicted molar refractivity (Wildman–Crippen MR) is 86.1 cm³/mol. The number of carbonyl (C=O) groups is 2. The van der Waals surface area contributed by atoms with Crippen LogP contribution in [0.25, 0.3) is 11.1 Å². The largest absolute Gasteiger partial charge is 0.480 e. The molecule has 0 bridgehead atoms. The topological polar surface area (TPSA) is 57.6 Å². The Labute approximate surface area is 137 Å². The second-order valence-electron chi connectivity index (χ2n) is 5.65. The van der Waals surface area contributed by atoms with E-state index in [0.717, 1.165) is 28.8 Å². The summed E-state index contributed by atoms with van der Waals surface area (Å²) in [6.45, 7) is 1.63. The minimum Gasteiger partial charge on any atom is -0.480 e. The molecule has 0 radical (unpaired) electrons. The van der Waals surface area contributed by atoms with Crippen molar-refractivity contribution in [2.45, 2.75) is 25.8 Å². The molecule has 23 heavy (non-hydrogen) atoms. The van der Waals surface area contributed by atoms with Crippen molar-refractivity contribution in [2.75, 3.05) is 6.54 Å². The van der Waals surface area contributed by atoms with Crippen molar-refractivity contribution in [3.63, 3.8) is 0 Å². The van der Waals surface area contributed by atoms with Gasteiger partial charge in [-0.3, -0.25) is 9.59 Å². The van der Waals surface area contributed by atoms with E-state index in [4.69, 9.17) is 5.11 Å². The van der Waals surface area contributed by atoms with Crippen LogP contribution < -0.4 is 0 Å². The molecule has 1 aromatic heterocycles. The zero-order valence-corrected chi connectivity index (χ0v) is 13.4. The zero-order valence-electron chi connectivity index (χ0n) is 12.6. The third-order valence-electron chi connectivity index (χ3n) is 3.84. The molecule has 3 rings (SSSR count). The Morgan fingerprint density at radius 1 is 1.30 bits per heavy atom. The first-order chi connectivity index (χ1) is 11.0. The van der Waals surface area contributed by atoms with Crippen LogP contribution in [-0.2, 0) is 4.79 Å². The Bertz CT molecular complexity index is 750. The summed E-state index contributed by atoms with van der Waals surface area (Å²) < 4.78 is 13.0. The van der Waals surface area contributed by atoms with E-state index in [9.17, 15) is 14.0 Å². The molecule has 1 heterocycles. The normalized spacial score (nSPS) is 13.8. The lowest BCUT2D eigenvalue weighted by Gasteiger charge is -2.19. The van der Waals surface area contributed by atoms with Gasteiger partial charge in [-0.1, -0.05) is 12.1 Å². The lowest BCUT2D eigenvalue weighted by Crippen LogP contribution is -2.37. The highest BCUT2D eigenvalue weighted by Crippen LogP contribution is 2.34. The van der Waals surface area contributed by atoms with Crippen LogP contribution in [0.2, 0.25) is 0 Å². The van der Waals surface area contributed by atoms with Crippen LogP contribution in [0.3, 0.4) is 0 Å². The quantitative estimate of drug-likeness (QED) is 0.910. The van der Waals surface area contributed by atoms with Gasteiger partial charge in [-0.15, -0.1) is 11.3 Å². The summed E-state index contributed by atoms with van der Waals surface area (Å²) in [7, 11) is 0. The maximum Gasteiger partial charge on any atom is 0.323 e. The molecule has 1 fully saturated rings. The Balaban J connectivity index is 1.88. The highest BCUT2D eigenvalue weighted by Gasteiger charge is 2.35. The van der Waals surface area contributed by atoms with Gasteiger partial charge in [0.1, 0.15) is 12.4 Å². The van der Waals surface area contributed by atoms with Crippen molar-refractivity contribution < 1.29 is 19.1 Å². The van der Waals surface area contributed by atoms with Crippen molar-refractivity contribution in [2.24, 2.45) is 0 Å². The number of rotatable bonds is 5. The number of halogens is 1. The number of thiophene rings is 1. The fourth-order valence-corrected chi connectivity index (χ4v) is 3.54. The van der Waals surface area contributed by atoms with Crippen molar-refractivity contribution >= 4 is 23.2 Å². The molecule has 0 saturated heterocycles. The fraction of sp³-hybridized carbons (Fsp3) is 0.294. The summed E-state index contributed by atoms with van der Waals surface area (Å²) >= 11 is 1.34. The van der Waals surface area contributed by atoms with Gasteiger partial charge in [-0.25, -0.2) is 4.39 Å². The van der Waals surface area contributed by atoms with Crippen LogP contribution in [-0.4, -0.2) is 34.5 Å². The fourth-order valence-electron chi connectivity index (χ4n) is 2.54. The predicted octanol–water partition coefficient (Wildman–Crippen LogP) is 3.55. The minimum atomic E-state index is -1.00. The molecular weight excluding hydrogens is 317 g/mol. The average molecular weight is 333 g/mol. The lowest BCUT2D eigenvalue weighted by molar-refractivity contribution is -0.137. The molecule has 0 unspecified atom stereocenters. The SMILES string of the molecule is Cc1sc(C(=O)N(CC(=O)O)C2CC2)cc1-c1ccc(F)cc1. The molecular formula is C17H16FNO3S. The number of aryl methyl sites for hydroxylation is 1. The highest BCUT2D eigenvalue weighted by molar-refractivity contribution is 7.14. The van der Waals surface area contributed by atoms with Crippen LogP contribution in [0.15, 0.2) is 30.3 Å². The van der Waals surface area contributed by atoms with E-state index >= 15 is 0 Å². The Morgan fingerprint density at radius 3 is 2.52 bits per heavy atom. The number of aliphatic carboxylic acids is 1. The van der Waals surface area contributed by atoms with E-state index in [1.807, 2.05) is 6.92 Å². The van der Waals surface area contributed by atoms with E-state index in [1.165, 1.54) is 28.4 Å². The maximum absolute atomic E-state index is 13.0. The van der Waals surface area contributed by atoms with Crippen LogP contribution in [0.5, 0.6) is 0 Å². The highest BCUT2D eigenvalue weighted by atomic mass is 32.1. The third-order valence-corrected chi connectivity index (χ3v) is 4.88. The summed E-state index contributed by atoms with van der Waals surface area (Å²) in [5, 5.41) is 8.99. The Morgan fingerprint density at radius 2 is 1.96 bits per heavy atom. The number of carboxylic acids is 1. The molecule has 0 aliphatic heterocycles. The maximum atomic E-state index is 13.0. The number of amides is 1. The molecule has 1 aliphatic carbocycles. The molecule has 1 saturated carbocycles. The van der Waals surface area contributed by atoms with E-state index in [1.54, 1.807) is 18.2 Å². The Kier molecular flexibility index (Phi) is 4.17. The smallest absolute Gasteiger partial charge is 0.323 e. The molecule has 6 heteroatoms. The summed E-state index contributed by atoms with van der Waals surface area (Å²) in [5.74, 6) is -1.55. The second-order valence-corrected chi connectivity index (χ2v) is 6.90. The number of carbonyl (C=O) groups excluding carboxylic acids is 1. The van der Waals surface area contributed by atoms with Crippen molar-refractivity contribution in [3.8, 4) is 11.1 Å². The summed E-state index contributed by atoms with van der Waals surface area (Å²) in [4.78, 5) is 26.5. The third kappa shape index (κ3) is 3.42. The van der Waals surface area contributed by atoms with E-state index in [0.29, 0.717) is 4.88 Å². The van der Waals surface area contributed by atoms with Gasteiger partial charge in [-0.2, -0.15) is 0 Å². The number of nitrogens with zero attached hydrogens (tertiary/aromatic N) is 1. The first kappa shape index (κ1) is 15.7. The molecule has 2 aromatic rings. The average Bonchev–Trinajstić information content (AvgIpc) is 3.27. The van der Waals surface area contributed by atoms with Crippen LogP contribution >= 0.6 is 11.3 Å². The summed E-state index contributed by atoms with van der Waals surface area (Å²) in [5.41, 5.74) is 1.72. The number of hydrogen-bond donors (Lipinski definition) is 1. The molecule has 1 amide bonds. The zero-order chi connectivity index (χ0) is 16.6. The lowest BCUT2D eigenvalue weighted by atomic mass is 10.1. The molecule has 4 nitrogen and oxygen atoms in total. The van der Waals surface area contributed by atoms with E-state index in [-0.39, 0.29) is 24.3 Å². The van der Waals surface area contributed by atoms with Gasteiger partial charge in [0.15, 0.2) is 0 Å². The minimum absolute atomic E-state index is 0.0373. The van der Waals surface area contributed by atoms with E-state index < -0.39 is 5.97 Å². The van der Waals surface area contributed by atoms with Crippen molar-refractivity contribution in [1.29, 1.82) is 0 Å². The number of benzene rings is 1. The molecule has 1 N–H and O–H groups in total. The van der Waals surface area contributed by atoms with Gasteiger partial charge in [-0.05, 0) is 49.1 Å². The van der Waals surface area contributed by atoms with Gasteiger partial charge >= 0.3 is 5.97 Å². The van der Waals surface area contributed by atoms with Gasteiger partial charge in [0.05, 0.1) is 4.88 Å². The Hall–Kier alpha value is -2.21. The molecule has 120 valence electrons. The van der Waals surface area contributed by atoms with Crippen molar-refractivity contribution in [1.82, 2.24) is 4.90 Å². The molecule has 1 aromatic carbocycles. The van der Waals surface area contributed by atoms with Crippen LogP contribution in [0, 0.1) is 12.7 Å². The standard InChI is InChI=1S/C17H16FNO3S/c1-10-14(11-2-4-12(18)5-3-11)8-15(23-10)17(22)19(9-16(20)21)13-6-7-13/h2-5,8,13H,6-7,9H2,1H3,(H,20,21). The van der Waals surface area contributed by atoms with E-state index in [2.05, 4.69) is 0 Å². The van der Waals surface area contributed by atoms with Gasteiger partial charge in [0.2, 0.25) is 0 Å². The summed E-state index contributed by atoms with van der Waals surface area (Å²) in [6.07, 6.45) is 1.71. The number of hydrogen-bond acceptors (Lipinski definition) is 3. The van der Waals surface area contributed by atoms with Crippen LogP contribution in [0.1, 0.15) is 27.4 Å². The molecule has 0 atom stereocenters. The molecule has 0 spiro atoms. The second kappa shape index (κ2) is 6.12. The van der Waals surface area contributed by atoms with Crippen molar-refractivity contribution in [3.05, 3.63) is 45.9 Å². The monoisotopic (exact) mass is 333 g/mol. The summed E-state index contributed by atoms with van der Waals surface area (Å²) in [6, 6.07) is 7.93. The van der Waals surface area contributed by atoms with Crippen LogP contribution in [0.4, 0.5) is 4.39 Å². The van der Waals surface area contributed by atoms with Gasteiger partial charge < -0.3 is 10.0 Å². The number of carboxylic acid groups (broad SMARTS) is 1. The molecule has 1 aliphatic rings. The first-order valence-electron chi connectivity index (χ1n) is 7.35. The van der Waals surface area contributed by atoms with Gasteiger partial charge in [0, 0.05) is 10.9 Å². The first-order valence-corrected chi connectivity index (χ1v) is 8.16.